The molecule has 0 saturated carbocycles. The van der Waals surface area contributed by atoms with Crippen LogP contribution in [-0.2, 0) is 6.61 Å². The predicted molar refractivity (Wildman–Crippen MR) is 82.0 cm³/mol. The Hall–Kier alpha value is -2.35. The van der Waals surface area contributed by atoms with Crippen molar-refractivity contribution in [3.8, 4) is 5.75 Å². The Morgan fingerprint density at radius 1 is 0.900 bits per heavy atom. The number of pyridine rings is 1. The van der Waals surface area contributed by atoms with E-state index in [9.17, 15) is 0 Å². The molecule has 0 aliphatic heterocycles. The smallest absolute Gasteiger partial charge is 0.130 e. The first-order chi connectivity index (χ1) is 9.70. The van der Waals surface area contributed by atoms with Crippen LogP contribution < -0.4 is 4.74 Å². The molecule has 3 aromatic rings. The van der Waals surface area contributed by atoms with Crippen molar-refractivity contribution in [2.45, 2.75) is 20.5 Å². The molecule has 2 aromatic carbocycles. The Kier molecular flexibility index (Phi) is 3.38. The van der Waals surface area contributed by atoms with Crippen molar-refractivity contribution in [3.63, 3.8) is 0 Å². The second-order valence-electron chi connectivity index (χ2n) is 5.11. The molecular formula is C18H17NO. The zero-order valence-electron chi connectivity index (χ0n) is 11.8. The molecule has 1 heterocycles. The van der Waals surface area contributed by atoms with E-state index in [0.29, 0.717) is 6.61 Å². The van der Waals surface area contributed by atoms with Crippen molar-refractivity contribution in [2.24, 2.45) is 0 Å². The number of hydrogen-bond acceptors (Lipinski definition) is 2. The summed E-state index contributed by atoms with van der Waals surface area (Å²) in [6.45, 7) is 4.65. The lowest BCUT2D eigenvalue weighted by Gasteiger charge is -2.08. The van der Waals surface area contributed by atoms with E-state index in [1.165, 1.54) is 11.1 Å². The van der Waals surface area contributed by atoms with Gasteiger partial charge in [0.25, 0.3) is 0 Å². The second kappa shape index (κ2) is 5.33. The monoisotopic (exact) mass is 263 g/mol. The summed E-state index contributed by atoms with van der Waals surface area (Å²) in [6.07, 6.45) is 0. The topological polar surface area (TPSA) is 22.1 Å². The molecule has 3 rings (SSSR count). The summed E-state index contributed by atoms with van der Waals surface area (Å²) in [5, 5.41) is 1.16. The highest BCUT2D eigenvalue weighted by Crippen LogP contribution is 2.18. The highest BCUT2D eigenvalue weighted by atomic mass is 16.5. The third kappa shape index (κ3) is 2.80. The van der Waals surface area contributed by atoms with Gasteiger partial charge in [-0.1, -0.05) is 30.3 Å². The normalized spacial score (nSPS) is 10.7. The Morgan fingerprint density at radius 2 is 1.65 bits per heavy atom. The number of aromatic nitrogens is 1. The number of nitrogens with zero attached hydrogens (tertiary/aromatic N) is 1. The molecule has 100 valence electrons. The van der Waals surface area contributed by atoms with E-state index in [0.717, 1.165) is 22.3 Å². The fourth-order valence-corrected chi connectivity index (χ4v) is 2.36. The molecule has 0 atom stereocenters. The second-order valence-corrected chi connectivity index (χ2v) is 5.11. The fraction of sp³-hybridized carbons (Fsp3) is 0.167. The molecule has 0 fully saturated rings. The van der Waals surface area contributed by atoms with E-state index < -0.39 is 0 Å². The molecule has 0 saturated heterocycles. The van der Waals surface area contributed by atoms with Gasteiger partial charge in [-0.25, -0.2) is 4.98 Å². The molecule has 2 nitrogen and oxygen atoms in total. The summed E-state index contributed by atoms with van der Waals surface area (Å²) in [5.74, 6) is 0.900. The first-order valence-electron chi connectivity index (χ1n) is 6.76. The Bertz CT molecular complexity index is 729. The quantitative estimate of drug-likeness (QED) is 0.697. The van der Waals surface area contributed by atoms with E-state index in [-0.39, 0.29) is 0 Å². The highest BCUT2D eigenvalue weighted by Gasteiger charge is 2.01. The first kappa shape index (κ1) is 12.7. The molecule has 0 N–H and O–H groups in total. The lowest BCUT2D eigenvalue weighted by atomic mass is 10.1. The maximum atomic E-state index is 5.84. The van der Waals surface area contributed by atoms with E-state index in [1.54, 1.807) is 0 Å². The summed E-state index contributed by atoms with van der Waals surface area (Å²) in [5.41, 5.74) is 4.38. The summed E-state index contributed by atoms with van der Waals surface area (Å²) in [7, 11) is 0. The number of ether oxygens (including phenoxy) is 1. The lowest BCUT2D eigenvalue weighted by Crippen LogP contribution is -1.99. The molecule has 0 aliphatic carbocycles. The van der Waals surface area contributed by atoms with Gasteiger partial charge in [-0.2, -0.15) is 0 Å². The number of aryl methyl sites for hydroxylation is 2. The third-order valence-electron chi connectivity index (χ3n) is 3.24. The molecule has 2 heteroatoms. The van der Waals surface area contributed by atoms with Crippen molar-refractivity contribution in [3.05, 3.63) is 71.4 Å². The van der Waals surface area contributed by atoms with Crippen LogP contribution in [0.4, 0.5) is 0 Å². The molecule has 0 aliphatic rings. The van der Waals surface area contributed by atoms with Gasteiger partial charge in [0.15, 0.2) is 0 Å². The highest BCUT2D eigenvalue weighted by molar-refractivity contribution is 5.78. The van der Waals surface area contributed by atoms with Gasteiger partial charge in [0.2, 0.25) is 0 Å². The number of benzene rings is 2. The zero-order chi connectivity index (χ0) is 13.9. The fourth-order valence-electron chi connectivity index (χ4n) is 2.36. The van der Waals surface area contributed by atoms with Gasteiger partial charge in [0, 0.05) is 5.39 Å². The van der Waals surface area contributed by atoms with Crippen LogP contribution in [0.3, 0.4) is 0 Å². The van der Waals surface area contributed by atoms with Gasteiger partial charge in [0.05, 0.1) is 11.2 Å². The average Bonchev–Trinajstić information content (AvgIpc) is 2.44. The van der Waals surface area contributed by atoms with Crippen molar-refractivity contribution in [1.82, 2.24) is 4.98 Å². The Morgan fingerprint density at radius 3 is 2.45 bits per heavy atom. The van der Waals surface area contributed by atoms with Crippen LogP contribution in [-0.4, -0.2) is 4.98 Å². The van der Waals surface area contributed by atoms with Crippen LogP contribution in [0.15, 0.2) is 54.6 Å². The molecule has 0 amide bonds. The molecule has 0 bridgehead atoms. The molecule has 0 spiro atoms. The standard InChI is InChI=1S/C18H17NO/c1-13-9-14(2)11-17(10-13)20-12-16-8-7-15-5-3-4-6-18(15)19-16/h3-11H,12H2,1-2H3. The summed E-state index contributed by atoms with van der Waals surface area (Å²) in [4.78, 5) is 4.61. The zero-order valence-corrected chi connectivity index (χ0v) is 11.8. The Balaban J connectivity index is 1.79. The molecular weight excluding hydrogens is 246 g/mol. The van der Waals surface area contributed by atoms with Crippen LogP contribution in [0.25, 0.3) is 10.9 Å². The molecule has 1 aromatic heterocycles. The van der Waals surface area contributed by atoms with Crippen molar-refractivity contribution >= 4 is 10.9 Å². The third-order valence-corrected chi connectivity index (χ3v) is 3.24. The minimum Gasteiger partial charge on any atom is -0.487 e. The van der Waals surface area contributed by atoms with Gasteiger partial charge in [-0.15, -0.1) is 0 Å². The van der Waals surface area contributed by atoms with Crippen LogP contribution in [0, 0.1) is 13.8 Å². The predicted octanol–water partition coefficient (Wildman–Crippen LogP) is 4.43. The van der Waals surface area contributed by atoms with Gasteiger partial charge < -0.3 is 4.74 Å². The molecule has 0 unspecified atom stereocenters. The number of fused-ring (bicyclic) bond motifs is 1. The van der Waals surface area contributed by atoms with Crippen LogP contribution in [0.1, 0.15) is 16.8 Å². The van der Waals surface area contributed by atoms with Gasteiger partial charge in [0.1, 0.15) is 12.4 Å². The van der Waals surface area contributed by atoms with E-state index in [2.05, 4.69) is 37.0 Å². The molecule has 0 radical (unpaired) electrons. The van der Waals surface area contributed by atoms with E-state index in [4.69, 9.17) is 4.74 Å². The van der Waals surface area contributed by atoms with Crippen LogP contribution in [0.2, 0.25) is 0 Å². The largest absolute Gasteiger partial charge is 0.487 e. The minimum atomic E-state index is 0.494. The number of para-hydroxylation sites is 1. The van der Waals surface area contributed by atoms with E-state index in [1.807, 2.05) is 36.4 Å². The molecule has 20 heavy (non-hydrogen) atoms. The maximum absolute atomic E-state index is 5.84. The lowest BCUT2D eigenvalue weighted by molar-refractivity contribution is 0.301. The van der Waals surface area contributed by atoms with Crippen LogP contribution in [0.5, 0.6) is 5.75 Å². The first-order valence-corrected chi connectivity index (χ1v) is 6.76. The minimum absolute atomic E-state index is 0.494. The number of rotatable bonds is 3. The summed E-state index contributed by atoms with van der Waals surface area (Å²) in [6, 6.07) is 18.5. The van der Waals surface area contributed by atoms with Crippen molar-refractivity contribution < 1.29 is 4.74 Å². The maximum Gasteiger partial charge on any atom is 0.130 e. The SMILES string of the molecule is Cc1cc(C)cc(OCc2ccc3ccccc3n2)c1. The average molecular weight is 263 g/mol. The Labute approximate surface area is 119 Å². The van der Waals surface area contributed by atoms with Crippen LogP contribution >= 0.6 is 0 Å². The van der Waals surface area contributed by atoms with Gasteiger partial charge in [-0.3, -0.25) is 0 Å². The van der Waals surface area contributed by atoms with Crippen molar-refractivity contribution in [1.29, 1.82) is 0 Å². The van der Waals surface area contributed by atoms with Crippen molar-refractivity contribution in [2.75, 3.05) is 0 Å². The summed E-state index contributed by atoms with van der Waals surface area (Å²) < 4.78 is 5.84. The van der Waals surface area contributed by atoms with Gasteiger partial charge >= 0.3 is 0 Å². The summed E-state index contributed by atoms with van der Waals surface area (Å²) >= 11 is 0. The number of hydrogen-bond donors (Lipinski definition) is 0. The van der Waals surface area contributed by atoms with E-state index >= 15 is 0 Å². The van der Waals surface area contributed by atoms with Gasteiger partial charge in [-0.05, 0) is 49.2 Å².